The van der Waals surface area contributed by atoms with Crippen molar-refractivity contribution in [3.63, 3.8) is 0 Å². The lowest BCUT2D eigenvalue weighted by Gasteiger charge is -2.10. The van der Waals surface area contributed by atoms with E-state index in [1.54, 1.807) is 23.5 Å². The second kappa shape index (κ2) is 5.78. The molecule has 0 radical (unpaired) electrons. The number of thiophene rings is 1. The van der Waals surface area contributed by atoms with Gasteiger partial charge in [0.25, 0.3) is 0 Å². The first-order chi connectivity index (χ1) is 10.3. The number of anilines is 1. The molecule has 0 aliphatic rings. The van der Waals surface area contributed by atoms with E-state index in [9.17, 15) is 10.1 Å². The number of fused-ring (bicyclic) bond motifs is 1. The molecule has 3 rings (SSSR count). The molecule has 1 heterocycles. The van der Waals surface area contributed by atoms with E-state index in [0.29, 0.717) is 11.3 Å². The highest BCUT2D eigenvalue weighted by molar-refractivity contribution is 7.17. The number of rotatable bonds is 3. The van der Waals surface area contributed by atoms with E-state index < -0.39 is 5.92 Å². The first-order valence-electron chi connectivity index (χ1n) is 6.50. The normalized spacial score (nSPS) is 11.8. The van der Waals surface area contributed by atoms with Crippen LogP contribution in [0.2, 0.25) is 0 Å². The lowest BCUT2D eigenvalue weighted by molar-refractivity contribution is -0.116. The Hall–Kier alpha value is -2.64. The van der Waals surface area contributed by atoms with Crippen molar-refractivity contribution in [2.24, 2.45) is 0 Å². The highest BCUT2D eigenvalue weighted by atomic mass is 32.1. The van der Waals surface area contributed by atoms with Gasteiger partial charge in [0.15, 0.2) is 5.92 Å². The van der Waals surface area contributed by atoms with Crippen molar-refractivity contribution in [3.8, 4) is 6.07 Å². The molecule has 1 atom stereocenters. The second-order valence-electron chi connectivity index (χ2n) is 4.64. The maximum absolute atomic E-state index is 12.3. The number of hydrogen-bond donors (Lipinski definition) is 1. The topological polar surface area (TPSA) is 52.9 Å². The minimum atomic E-state index is -0.802. The van der Waals surface area contributed by atoms with Gasteiger partial charge in [-0.1, -0.05) is 30.3 Å². The molecular formula is C17H12N2OS. The summed E-state index contributed by atoms with van der Waals surface area (Å²) in [5.74, 6) is -1.11. The average Bonchev–Trinajstić information content (AvgIpc) is 2.96. The fourth-order valence-electron chi connectivity index (χ4n) is 2.19. The first kappa shape index (κ1) is 13.3. The van der Waals surface area contributed by atoms with Gasteiger partial charge in [-0.05, 0) is 40.6 Å². The van der Waals surface area contributed by atoms with Gasteiger partial charge in [0, 0.05) is 10.4 Å². The summed E-state index contributed by atoms with van der Waals surface area (Å²) in [7, 11) is 0. The van der Waals surface area contributed by atoms with Crippen LogP contribution in [0.4, 0.5) is 5.69 Å². The molecule has 3 nitrogen and oxygen atoms in total. The average molecular weight is 292 g/mol. The third-order valence-electron chi connectivity index (χ3n) is 3.24. The number of hydrogen-bond acceptors (Lipinski definition) is 3. The quantitative estimate of drug-likeness (QED) is 0.788. The summed E-state index contributed by atoms with van der Waals surface area (Å²) in [6.07, 6.45) is 0. The third kappa shape index (κ3) is 2.78. The Labute approximate surface area is 126 Å². The maximum atomic E-state index is 12.3. The summed E-state index contributed by atoms with van der Waals surface area (Å²) in [5.41, 5.74) is 1.41. The highest BCUT2D eigenvalue weighted by Crippen LogP contribution is 2.25. The zero-order valence-electron chi connectivity index (χ0n) is 11.1. The molecule has 1 amide bonds. The molecule has 3 aromatic rings. The highest BCUT2D eigenvalue weighted by Gasteiger charge is 2.19. The van der Waals surface area contributed by atoms with E-state index in [1.807, 2.05) is 47.8 Å². The Morgan fingerprint density at radius 2 is 1.95 bits per heavy atom. The maximum Gasteiger partial charge on any atom is 0.246 e. The Morgan fingerprint density at radius 1 is 1.14 bits per heavy atom. The van der Waals surface area contributed by atoms with Gasteiger partial charge in [0.2, 0.25) is 5.91 Å². The van der Waals surface area contributed by atoms with Crippen molar-refractivity contribution in [3.05, 3.63) is 65.5 Å². The molecule has 0 saturated heterocycles. The van der Waals surface area contributed by atoms with Crippen molar-refractivity contribution in [1.29, 1.82) is 5.26 Å². The number of nitrogens with one attached hydrogen (secondary N) is 1. The molecule has 0 bridgehead atoms. The van der Waals surface area contributed by atoms with Gasteiger partial charge in [-0.2, -0.15) is 5.26 Å². The van der Waals surface area contributed by atoms with Crippen LogP contribution in [0, 0.1) is 11.3 Å². The van der Waals surface area contributed by atoms with Crippen molar-refractivity contribution in [1.82, 2.24) is 0 Å². The molecule has 1 aromatic heterocycles. The summed E-state index contributed by atoms with van der Waals surface area (Å²) in [6, 6.07) is 18.9. The molecule has 0 saturated carbocycles. The summed E-state index contributed by atoms with van der Waals surface area (Å²) in [5, 5.41) is 15.2. The van der Waals surface area contributed by atoms with Crippen molar-refractivity contribution in [2.75, 3.05) is 5.32 Å². The van der Waals surface area contributed by atoms with Gasteiger partial charge >= 0.3 is 0 Å². The summed E-state index contributed by atoms with van der Waals surface area (Å²) >= 11 is 1.66. The second-order valence-corrected chi connectivity index (χ2v) is 5.58. The molecule has 0 aliphatic heterocycles. The van der Waals surface area contributed by atoms with E-state index in [4.69, 9.17) is 0 Å². The van der Waals surface area contributed by atoms with Gasteiger partial charge in [0.1, 0.15) is 0 Å². The van der Waals surface area contributed by atoms with Gasteiger partial charge in [-0.25, -0.2) is 0 Å². The summed E-state index contributed by atoms with van der Waals surface area (Å²) in [4.78, 5) is 12.3. The number of nitrogens with zero attached hydrogens (tertiary/aromatic N) is 1. The van der Waals surface area contributed by atoms with Gasteiger partial charge in [-0.15, -0.1) is 11.3 Å². The smallest absolute Gasteiger partial charge is 0.246 e. The van der Waals surface area contributed by atoms with Crippen LogP contribution in [0.5, 0.6) is 0 Å². The molecular weight excluding hydrogens is 280 g/mol. The van der Waals surface area contributed by atoms with Crippen LogP contribution in [-0.4, -0.2) is 5.91 Å². The van der Waals surface area contributed by atoms with Crippen LogP contribution < -0.4 is 5.32 Å². The molecule has 102 valence electrons. The van der Waals surface area contributed by atoms with E-state index in [0.717, 1.165) is 5.39 Å². The zero-order valence-corrected chi connectivity index (χ0v) is 11.9. The number of carbonyl (C=O) groups is 1. The number of amides is 1. The third-order valence-corrected chi connectivity index (χ3v) is 4.14. The molecule has 0 spiro atoms. The molecule has 1 unspecified atom stereocenters. The van der Waals surface area contributed by atoms with Gasteiger partial charge in [-0.3, -0.25) is 4.79 Å². The lowest BCUT2D eigenvalue weighted by Crippen LogP contribution is -2.19. The van der Waals surface area contributed by atoms with Gasteiger partial charge in [0.05, 0.1) is 6.07 Å². The van der Waals surface area contributed by atoms with Crippen LogP contribution in [0.3, 0.4) is 0 Å². The fourth-order valence-corrected chi connectivity index (χ4v) is 2.96. The number of benzene rings is 2. The number of nitriles is 1. The van der Waals surface area contributed by atoms with Gasteiger partial charge < -0.3 is 5.32 Å². The van der Waals surface area contributed by atoms with E-state index >= 15 is 0 Å². The Balaban J connectivity index is 1.83. The lowest BCUT2D eigenvalue weighted by atomic mass is 10.00. The predicted molar refractivity (Wildman–Crippen MR) is 85.3 cm³/mol. The van der Waals surface area contributed by atoms with E-state index in [2.05, 4.69) is 11.4 Å². The summed E-state index contributed by atoms with van der Waals surface area (Å²) < 4.78 is 1.17. The SMILES string of the molecule is N#CC(C(=O)Nc1ccc2sccc2c1)c1ccccc1. The van der Waals surface area contributed by atoms with E-state index in [1.165, 1.54) is 4.70 Å². The predicted octanol–water partition coefficient (Wildman–Crippen LogP) is 4.15. The minimum absolute atomic E-state index is 0.307. The van der Waals surface area contributed by atoms with Crippen LogP contribution in [0.1, 0.15) is 11.5 Å². The monoisotopic (exact) mass is 292 g/mol. The van der Waals surface area contributed by atoms with Crippen LogP contribution in [-0.2, 0) is 4.79 Å². The Morgan fingerprint density at radius 3 is 2.71 bits per heavy atom. The fraction of sp³-hybridized carbons (Fsp3) is 0.0588. The molecule has 4 heteroatoms. The Bertz CT molecular complexity index is 817. The Kier molecular flexibility index (Phi) is 3.67. The minimum Gasteiger partial charge on any atom is -0.325 e. The molecule has 0 fully saturated rings. The number of carbonyl (C=O) groups excluding carboxylic acids is 1. The van der Waals surface area contributed by atoms with Crippen molar-refractivity contribution < 1.29 is 4.79 Å². The summed E-state index contributed by atoms with van der Waals surface area (Å²) in [6.45, 7) is 0. The first-order valence-corrected chi connectivity index (χ1v) is 7.38. The molecule has 21 heavy (non-hydrogen) atoms. The molecule has 2 aromatic carbocycles. The van der Waals surface area contributed by atoms with Crippen molar-refractivity contribution >= 4 is 33.0 Å². The largest absolute Gasteiger partial charge is 0.325 e. The van der Waals surface area contributed by atoms with E-state index in [-0.39, 0.29) is 5.91 Å². The van der Waals surface area contributed by atoms with Crippen LogP contribution >= 0.6 is 11.3 Å². The zero-order chi connectivity index (χ0) is 14.7. The molecule has 0 aliphatic carbocycles. The van der Waals surface area contributed by atoms with Crippen LogP contribution in [0.15, 0.2) is 60.0 Å². The molecule has 1 N–H and O–H groups in total. The van der Waals surface area contributed by atoms with Crippen molar-refractivity contribution in [2.45, 2.75) is 5.92 Å². The standard InChI is InChI=1S/C17H12N2OS/c18-11-15(12-4-2-1-3-5-12)17(20)19-14-6-7-16-13(10-14)8-9-21-16/h1-10,15H,(H,19,20). The van der Waals surface area contributed by atoms with Crippen LogP contribution in [0.25, 0.3) is 10.1 Å².